The lowest BCUT2D eigenvalue weighted by molar-refractivity contribution is -0.0436. The summed E-state index contributed by atoms with van der Waals surface area (Å²) >= 11 is 12.1. The van der Waals surface area contributed by atoms with Crippen LogP contribution in [0.3, 0.4) is 0 Å². The topological polar surface area (TPSA) is 120 Å². The molecule has 0 bridgehead atoms. The second kappa shape index (κ2) is 8.87. The van der Waals surface area contributed by atoms with E-state index >= 15 is 0 Å². The van der Waals surface area contributed by atoms with Crippen molar-refractivity contribution in [1.29, 1.82) is 0 Å². The lowest BCUT2D eigenvalue weighted by Crippen LogP contribution is -2.24. The molecule has 0 saturated heterocycles. The summed E-state index contributed by atoms with van der Waals surface area (Å²) in [5.41, 5.74) is -6.30. The summed E-state index contributed by atoms with van der Waals surface area (Å²) in [6.07, 6.45) is 2.03. The molecular formula is C20H13Cl2F3N4O5S2. The first-order valence-electron chi connectivity index (χ1n) is 9.78. The highest BCUT2D eigenvalue weighted by Crippen LogP contribution is 2.32. The molecule has 0 amide bonds. The summed E-state index contributed by atoms with van der Waals surface area (Å²) < 4.78 is 89.4. The van der Waals surface area contributed by atoms with E-state index in [9.17, 15) is 34.8 Å². The van der Waals surface area contributed by atoms with E-state index in [0.29, 0.717) is 27.9 Å². The summed E-state index contributed by atoms with van der Waals surface area (Å²) in [6.45, 7) is 1.36. The summed E-state index contributed by atoms with van der Waals surface area (Å²) in [6, 6.07) is 6.89. The predicted octanol–water partition coefficient (Wildman–Crippen LogP) is 3.94. The molecule has 0 aliphatic rings. The normalized spacial score (nSPS) is 12.8. The maximum absolute atomic E-state index is 12.9. The Morgan fingerprint density at radius 1 is 0.972 bits per heavy atom. The van der Waals surface area contributed by atoms with Crippen molar-refractivity contribution in [3.8, 4) is 16.9 Å². The quantitative estimate of drug-likeness (QED) is 0.350. The van der Waals surface area contributed by atoms with E-state index in [0.717, 1.165) is 10.6 Å². The van der Waals surface area contributed by atoms with Gasteiger partial charge in [0.05, 0.1) is 10.6 Å². The molecule has 1 aromatic carbocycles. The Labute approximate surface area is 211 Å². The third kappa shape index (κ3) is 4.49. The summed E-state index contributed by atoms with van der Waals surface area (Å²) in [5.74, 6) is -0.806. The van der Waals surface area contributed by atoms with Crippen LogP contribution in [0, 0.1) is 0 Å². The zero-order valence-corrected chi connectivity index (χ0v) is 21.0. The van der Waals surface area contributed by atoms with E-state index in [1.54, 1.807) is 0 Å². The van der Waals surface area contributed by atoms with Crippen molar-refractivity contribution in [3.05, 3.63) is 69.3 Å². The van der Waals surface area contributed by atoms with E-state index in [-0.39, 0.29) is 15.8 Å². The van der Waals surface area contributed by atoms with Gasteiger partial charge in [-0.15, -0.1) is 5.10 Å². The average Bonchev–Trinajstić information content (AvgIpc) is 3.13. The molecule has 0 aliphatic carbocycles. The first-order chi connectivity index (χ1) is 16.7. The monoisotopic (exact) mass is 580 g/mol. The van der Waals surface area contributed by atoms with E-state index in [1.165, 1.54) is 37.4 Å². The molecule has 0 atom stereocenters. The van der Waals surface area contributed by atoms with Gasteiger partial charge in [-0.05, 0) is 35.9 Å². The maximum Gasteiger partial charge on any atom is 0.501 e. The first kappa shape index (κ1) is 26.1. The lowest BCUT2D eigenvalue weighted by atomic mass is 10.1. The summed E-state index contributed by atoms with van der Waals surface area (Å²) in [5, 5.41) is 4.40. The van der Waals surface area contributed by atoms with E-state index < -0.39 is 52.1 Å². The van der Waals surface area contributed by atoms with Gasteiger partial charge in [-0.3, -0.25) is 0 Å². The van der Waals surface area contributed by atoms with Crippen LogP contribution >= 0.6 is 23.2 Å². The van der Waals surface area contributed by atoms with Crippen molar-refractivity contribution in [2.24, 2.45) is 0 Å². The molecule has 3 heterocycles. The van der Waals surface area contributed by atoms with Crippen molar-refractivity contribution in [2.45, 2.75) is 22.2 Å². The Hall–Kier alpha value is -2.94. The highest BCUT2D eigenvalue weighted by molar-refractivity contribution is 7.92. The summed E-state index contributed by atoms with van der Waals surface area (Å²) in [7, 11) is -9.73. The zero-order chi connectivity index (χ0) is 26.6. The maximum atomic E-state index is 12.9. The molecule has 3 aromatic heterocycles. The molecule has 0 radical (unpaired) electrons. The Morgan fingerprint density at radius 2 is 1.61 bits per heavy atom. The second-order valence-corrected chi connectivity index (χ2v) is 12.4. The van der Waals surface area contributed by atoms with Crippen LogP contribution in [-0.4, -0.2) is 47.3 Å². The molecule has 4 aromatic rings. The van der Waals surface area contributed by atoms with Crippen LogP contribution in [0.2, 0.25) is 10.0 Å². The van der Waals surface area contributed by atoms with Gasteiger partial charge < -0.3 is 0 Å². The SMILES string of the molecule is CCS(=O)(=O)c1cc(-c2cc(Cl)cc(Cl)c2)cnc1-n1nc2cc(S(=O)(=O)C(F)(F)F)ccn2c1=O. The Bertz CT molecular complexity index is 1780. The number of benzene rings is 1. The number of hydrogen-bond donors (Lipinski definition) is 0. The van der Waals surface area contributed by atoms with E-state index in [4.69, 9.17) is 23.2 Å². The highest BCUT2D eigenvalue weighted by atomic mass is 35.5. The zero-order valence-electron chi connectivity index (χ0n) is 17.9. The molecule has 0 fully saturated rings. The van der Waals surface area contributed by atoms with Crippen molar-refractivity contribution in [3.63, 3.8) is 0 Å². The van der Waals surface area contributed by atoms with E-state index in [1.807, 2.05) is 0 Å². The fourth-order valence-electron chi connectivity index (χ4n) is 3.25. The minimum atomic E-state index is -5.71. The smallest absolute Gasteiger partial charge is 0.250 e. The number of halogens is 5. The number of rotatable bonds is 5. The molecule has 16 heteroatoms. The van der Waals surface area contributed by atoms with Crippen LogP contribution in [0.15, 0.2) is 63.4 Å². The summed E-state index contributed by atoms with van der Waals surface area (Å²) in [4.78, 5) is 15.5. The number of nitrogens with zero attached hydrogens (tertiary/aromatic N) is 4. The Kier molecular flexibility index (Phi) is 6.44. The third-order valence-electron chi connectivity index (χ3n) is 5.06. The highest BCUT2D eigenvalue weighted by Gasteiger charge is 2.47. The van der Waals surface area contributed by atoms with Crippen LogP contribution < -0.4 is 5.69 Å². The fourth-order valence-corrected chi connectivity index (χ4v) is 5.58. The van der Waals surface area contributed by atoms with Gasteiger partial charge in [0.1, 0.15) is 4.90 Å². The molecular weight excluding hydrogens is 568 g/mol. The van der Waals surface area contributed by atoms with Crippen molar-refractivity contribution in [2.75, 3.05) is 5.75 Å². The number of hydrogen-bond acceptors (Lipinski definition) is 7. The molecule has 190 valence electrons. The van der Waals surface area contributed by atoms with Gasteiger partial charge in [0.15, 0.2) is 21.3 Å². The number of fused-ring (bicyclic) bond motifs is 1. The van der Waals surface area contributed by atoms with Crippen molar-refractivity contribution >= 4 is 48.5 Å². The standard InChI is InChI=1S/C20H13Cl2F3N4O5S2/c1-2-35(31,32)16-7-12(11-5-13(21)8-14(22)6-11)10-26-18(16)29-19(30)28-4-3-15(9-17(28)27-29)36(33,34)20(23,24)25/h3-10H,2H2,1H3. The number of aromatic nitrogens is 4. The van der Waals surface area contributed by atoms with Gasteiger partial charge in [0.25, 0.3) is 9.84 Å². The third-order valence-corrected chi connectivity index (χ3v) is 8.71. The molecule has 0 aliphatic heterocycles. The van der Waals surface area contributed by atoms with Crippen LogP contribution in [0.5, 0.6) is 0 Å². The molecule has 9 nitrogen and oxygen atoms in total. The molecule has 0 spiro atoms. The molecule has 0 N–H and O–H groups in total. The van der Waals surface area contributed by atoms with Gasteiger partial charge in [0, 0.05) is 34.1 Å². The molecule has 4 rings (SSSR count). The van der Waals surface area contributed by atoms with Crippen LogP contribution in [0.4, 0.5) is 13.2 Å². The number of alkyl halides is 3. The van der Waals surface area contributed by atoms with E-state index in [2.05, 4.69) is 10.1 Å². The average molecular weight is 581 g/mol. The second-order valence-electron chi connectivity index (χ2n) is 7.34. The van der Waals surface area contributed by atoms with Gasteiger partial charge in [-0.25, -0.2) is 31.0 Å². The Morgan fingerprint density at radius 3 is 2.19 bits per heavy atom. The van der Waals surface area contributed by atoms with Gasteiger partial charge >= 0.3 is 11.2 Å². The van der Waals surface area contributed by atoms with Gasteiger partial charge in [0.2, 0.25) is 0 Å². The number of sulfone groups is 2. The molecule has 0 unspecified atom stereocenters. The number of pyridine rings is 2. The van der Waals surface area contributed by atoms with Gasteiger partial charge in [-0.2, -0.15) is 17.9 Å². The first-order valence-corrected chi connectivity index (χ1v) is 13.7. The minimum absolute atomic E-state index is 0.280. The molecule has 0 saturated carbocycles. The van der Waals surface area contributed by atoms with Crippen LogP contribution in [0.25, 0.3) is 22.6 Å². The fraction of sp³-hybridized carbons (Fsp3) is 0.150. The van der Waals surface area contributed by atoms with Crippen molar-refractivity contribution in [1.82, 2.24) is 19.2 Å². The largest absolute Gasteiger partial charge is 0.501 e. The molecule has 36 heavy (non-hydrogen) atoms. The van der Waals surface area contributed by atoms with Gasteiger partial charge in [-0.1, -0.05) is 30.1 Å². The minimum Gasteiger partial charge on any atom is -0.250 e. The van der Waals surface area contributed by atoms with Crippen molar-refractivity contribution < 1.29 is 30.0 Å². The van der Waals surface area contributed by atoms with Crippen LogP contribution in [0.1, 0.15) is 6.92 Å². The van der Waals surface area contributed by atoms with Crippen LogP contribution in [-0.2, 0) is 19.7 Å². The lowest BCUT2D eigenvalue weighted by Gasteiger charge is -2.11. The predicted molar refractivity (Wildman–Crippen MR) is 125 cm³/mol. The Balaban J connectivity index is 1.96.